The molecule has 0 aliphatic heterocycles. The fourth-order valence-electron chi connectivity index (χ4n) is 4.39. The van der Waals surface area contributed by atoms with E-state index in [0.717, 1.165) is 18.6 Å². The normalized spacial score (nSPS) is 15.0. The van der Waals surface area contributed by atoms with E-state index in [1.54, 1.807) is 48.2 Å². The van der Waals surface area contributed by atoms with Gasteiger partial charge in [-0.3, -0.25) is 9.59 Å². The van der Waals surface area contributed by atoms with Crippen LogP contribution in [-0.4, -0.2) is 66.8 Å². The molecule has 5 N–H and O–H groups in total. The Labute approximate surface area is 308 Å². The van der Waals surface area contributed by atoms with Crippen LogP contribution in [0.5, 0.6) is 0 Å². The van der Waals surface area contributed by atoms with Gasteiger partial charge in [0.05, 0.1) is 18.3 Å². The highest BCUT2D eigenvalue weighted by Crippen LogP contribution is 2.20. The van der Waals surface area contributed by atoms with Gasteiger partial charge in [-0.05, 0) is 70.0 Å². The van der Waals surface area contributed by atoms with Crippen molar-refractivity contribution in [1.29, 1.82) is 0 Å². The number of carboxylic acids is 2. The first-order chi connectivity index (χ1) is 24.2. The fraction of sp³-hybridized carbons (Fsp3) is 0.571. The third-order valence-electron chi connectivity index (χ3n) is 7.22. The molecule has 8 heteroatoms. The molecule has 0 aliphatic rings. The van der Waals surface area contributed by atoms with Crippen molar-refractivity contribution in [3.63, 3.8) is 0 Å². The summed E-state index contributed by atoms with van der Waals surface area (Å²) in [6.45, 7) is 6.46. The Morgan fingerprint density at radius 3 is 1.64 bits per heavy atom. The predicted molar refractivity (Wildman–Crippen MR) is 214 cm³/mol. The minimum Gasteiger partial charge on any atom is -0.481 e. The highest BCUT2D eigenvalue weighted by molar-refractivity contribution is 8.00. The maximum Gasteiger partial charge on any atom is 0.303 e. The third-order valence-corrected chi connectivity index (χ3v) is 8.41. The van der Waals surface area contributed by atoms with Crippen LogP contribution in [0.25, 0.3) is 0 Å². The van der Waals surface area contributed by atoms with Gasteiger partial charge in [0.1, 0.15) is 0 Å². The quantitative estimate of drug-likeness (QED) is 0.0282. The predicted octanol–water partition coefficient (Wildman–Crippen LogP) is 10.1. The molecule has 0 radical (unpaired) electrons. The Morgan fingerprint density at radius 2 is 1.08 bits per heavy atom. The zero-order valence-corrected chi connectivity index (χ0v) is 31.8. The van der Waals surface area contributed by atoms with Crippen molar-refractivity contribution in [3.8, 4) is 0 Å². The van der Waals surface area contributed by atoms with Crippen molar-refractivity contribution in [2.45, 2.75) is 147 Å². The average Bonchev–Trinajstić information content (AvgIpc) is 3.07. The molecule has 0 rings (SSSR count). The largest absolute Gasteiger partial charge is 0.481 e. The van der Waals surface area contributed by atoms with Crippen molar-refractivity contribution < 1.29 is 35.1 Å². The lowest BCUT2D eigenvalue weighted by Crippen LogP contribution is -2.21. The van der Waals surface area contributed by atoms with Gasteiger partial charge < -0.3 is 25.5 Å². The number of carbonyl (C=O) groups is 2. The summed E-state index contributed by atoms with van der Waals surface area (Å²) in [6, 6.07) is 0. The molecular formula is C42H68O7S. The van der Waals surface area contributed by atoms with Crippen LogP contribution < -0.4 is 0 Å². The second kappa shape index (κ2) is 38.9. The fourth-order valence-corrected chi connectivity index (χ4v) is 5.34. The van der Waals surface area contributed by atoms with Crippen molar-refractivity contribution in [1.82, 2.24) is 0 Å². The van der Waals surface area contributed by atoms with Crippen LogP contribution in [0.4, 0.5) is 0 Å². The number of aliphatic hydroxyl groups is 3. The number of hydrogen-bond donors (Lipinski definition) is 5. The van der Waals surface area contributed by atoms with Crippen LogP contribution in [0.1, 0.15) is 124 Å². The number of carboxylic acid groups (broad SMARTS) is 2. The molecule has 0 bridgehead atoms. The van der Waals surface area contributed by atoms with Crippen LogP contribution in [0, 0.1) is 0 Å². The number of aliphatic hydroxyl groups excluding tert-OH is 3. The van der Waals surface area contributed by atoms with Gasteiger partial charge in [-0.1, -0.05) is 144 Å². The summed E-state index contributed by atoms with van der Waals surface area (Å²) >= 11 is 1.68. The summed E-state index contributed by atoms with van der Waals surface area (Å²) in [7, 11) is 0. The molecule has 0 amide bonds. The van der Waals surface area contributed by atoms with Gasteiger partial charge in [0.2, 0.25) is 0 Å². The van der Waals surface area contributed by atoms with Gasteiger partial charge in [0, 0.05) is 18.1 Å². The Kier molecular flexibility index (Phi) is 38.3. The van der Waals surface area contributed by atoms with Crippen molar-refractivity contribution >= 4 is 23.7 Å². The van der Waals surface area contributed by atoms with Gasteiger partial charge in [-0.25, -0.2) is 0 Å². The lowest BCUT2D eigenvalue weighted by atomic mass is 10.1. The van der Waals surface area contributed by atoms with E-state index in [4.69, 9.17) is 10.2 Å². The Balaban J connectivity index is 0. The standard InChI is InChI=1S/C22H36O3S.C20H32O4/c1-3-5-6-7-8-9-10-11-12-13-14-15-18-21(26-4-2)20(23)17-16-19-22(24)25;1-2-3-4-5-6-9-13-18(21)14-10-7-8-11-15-19(22)16-12-17-20(23)24/h8-9,11-15,18,20-21,23H,3-7,10,16-17,19H2,1-2H3,(H,24,25);6-11,14-15,18-19,21-22H,2-5,12-13,16-17H2,1H3,(H,23,24)/b9-8-,12-11-,14-13+,18-15+;8-7+,9-6-,14-10+,15-11-. The van der Waals surface area contributed by atoms with Crippen LogP contribution >= 0.6 is 11.8 Å². The van der Waals surface area contributed by atoms with Gasteiger partial charge in [-0.2, -0.15) is 11.8 Å². The highest BCUT2D eigenvalue weighted by atomic mass is 32.2. The van der Waals surface area contributed by atoms with E-state index in [1.165, 1.54) is 44.9 Å². The van der Waals surface area contributed by atoms with Gasteiger partial charge in [-0.15, -0.1) is 0 Å². The van der Waals surface area contributed by atoms with E-state index in [-0.39, 0.29) is 18.1 Å². The average molecular weight is 717 g/mol. The minimum absolute atomic E-state index is 0.00785. The lowest BCUT2D eigenvalue weighted by Gasteiger charge is -2.18. The molecule has 4 unspecified atom stereocenters. The van der Waals surface area contributed by atoms with Crippen molar-refractivity contribution in [2.75, 3.05) is 5.75 Å². The van der Waals surface area contributed by atoms with Gasteiger partial charge in [0.25, 0.3) is 0 Å². The summed E-state index contributed by atoms with van der Waals surface area (Å²) in [5.41, 5.74) is 0. The lowest BCUT2D eigenvalue weighted by molar-refractivity contribution is -0.138. The summed E-state index contributed by atoms with van der Waals surface area (Å²) in [6.07, 6.45) is 42.9. The van der Waals surface area contributed by atoms with E-state index in [9.17, 15) is 24.9 Å². The van der Waals surface area contributed by atoms with E-state index in [1.807, 2.05) is 36.5 Å². The molecule has 0 saturated heterocycles. The first-order valence-corrected chi connectivity index (χ1v) is 19.6. The minimum atomic E-state index is -0.842. The molecule has 0 aliphatic carbocycles. The summed E-state index contributed by atoms with van der Waals surface area (Å²) in [5.74, 6) is -0.734. The smallest absolute Gasteiger partial charge is 0.303 e. The number of rotatable bonds is 30. The Morgan fingerprint density at radius 1 is 0.560 bits per heavy atom. The second-order valence-electron chi connectivity index (χ2n) is 12.0. The zero-order valence-electron chi connectivity index (χ0n) is 31.0. The maximum atomic E-state index is 10.6. The van der Waals surface area contributed by atoms with Crippen LogP contribution in [0.3, 0.4) is 0 Å². The molecule has 0 aromatic rings. The SMILES string of the molecule is CCCCC/C=C\CC(O)/C=C/C=C/C=C\C(O)CCCC(=O)O.CCCCC/C=C\C\C=C/C=C/C=C/C(SCC)C(O)CCCC(=O)O. The number of hydrogen-bond acceptors (Lipinski definition) is 6. The van der Waals surface area contributed by atoms with Crippen LogP contribution in [0.15, 0.2) is 97.2 Å². The van der Waals surface area contributed by atoms with E-state index < -0.39 is 30.3 Å². The first-order valence-electron chi connectivity index (χ1n) is 18.6. The molecule has 0 saturated carbocycles. The van der Waals surface area contributed by atoms with E-state index in [0.29, 0.717) is 32.1 Å². The second-order valence-corrected chi connectivity index (χ2v) is 13.4. The van der Waals surface area contributed by atoms with Crippen molar-refractivity contribution in [3.05, 3.63) is 97.2 Å². The highest BCUT2D eigenvalue weighted by Gasteiger charge is 2.16. The molecule has 7 nitrogen and oxygen atoms in total. The number of unbranched alkanes of at least 4 members (excludes halogenated alkanes) is 6. The molecule has 0 heterocycles. The summed E-state index contributed by atoms with van der Waals surface area (Å²) in [5, 5.41) is 46.8. The van der Waals surface area contributed by atoms with E-state index >= 15 is 0 Å². The number of thioether (sulfide) groups is 1. The first kappa shape index (κ1) is 49.2. The molecule has 0 spiro atoms. The van der Waals surface area contributed by atoms with Crippen LogP contribution in [-0.2, 0) is 9.59 Å². The zero-order chi connectivity index (χ0) is 37.5. The summed E-state index contributed by atoms with van der Waals surface area (Å²) in [4.78, 5) is 20.9. The number of aliphatic carboxylic acids is 2. The van der Waals surface area contributed by atoms with Crippen LogP contribution in [0.2, 0.25) is 0 Å². The number of allylic oxidation sites excluding steroid dienone is 12. The van der Waals surface area contributed by atoms with E-state index in [2.05, 4.69) is 45.1 Å². The van der Waals surface area contributed by atoms with Gasteiger partial charge >= 0.3 is 11.9 Å². The molecule has 4 atom stereocenters. The maximum absolute atomic E-state index is 10.6. The Bertz CT molecular complexity index is 1040. The molecule has 50 heavy (non-hydrogen) atoms. The summed E-state index contributed by atoms with van der Waals surface area (Å²) < 4.78 is 0. The molecule has 0 aromatic heterocycles. The molecule has 0 fully saturated rings. The topological polar surface area (TPSA) is 135 Å². The molecule has 0 aromatic carbocycles. The monoisotopic (exact) mass is 716 g/mol. The van der Waals surface area contributed by atoms with Crippen molar-refractivity contribution in [2.24, 2.45) is 0 Å². The van der Waals surface area contributed by atoms with Gasteiger partial charge in [0.15, 0.2) is 0 Å². The molecule has 284 valence electrons. The third kappa shape index (κ3) is 39.5. The molecular weight excluding hydrogens is 649 g/mol. The Hall–Kier alpha value is -2.91.